The van der Waals surface area contributed by atoms with E-state index in [2.05, 4.69) is 5.32 Å². The summed E-state index contributed by atoms with van der Waals surface area (Å²) in [4.78, 5) is 41.2. The number of rotatable bonds is 6. The van der Waals surface area contributed by atoms with Gasteiger partial charge in [0.05, 0.1) is 17.4 Å². The lowest BCUT2D eigenvalue weighted by Gasteiger charge is -2.33. The molecule has 2 aliphatic heterocycles. The van der Waals surface area contributed by atoms with Crippen LogP contribution in [0.15, 0.2) is 30.3 Å². The molecule has 2 aliphatic rings. The summed E-state index contributed by atoms with van der Waals surface area (Å²) in [5, 5.41) is 2.82. The Bertz CT molecular complexity index is 936. The fourth-order valence-corrected chi connectivity index (χ4v) is 5.98. The van der Waals surface area contributed by atoms with Gasteiger partial charge in [-0.2, -0.15) is 0 Å². The van der Waals surface area contributed by atoms with E-state index in [0.717, 1.165) is 0 Å². The minimum Gasteiger partial charge on any atom is -0.452 e. The number of nitrogens with one attached hydrogen (secondary N) is 1. The molecular formula is C22H31N3O6S. The van der Waals surface area contributed by atoms with Gasteiger partial charge in [-0.05, 0) is 45.2 Å². The first-order chi connectivity index (χ1) is 15.2. The van der Waals surface area contributed by atoms with Gasteiger partial charge in [0.25, 0.3) is 5.91 Å². The summed E-state index contributed by atoms with van der Waals surface area (Å²) in [6.45, 7) is 4.39. The highest BCUT2D eigenvalue weighted by molar-refractivity contribution is 7.91. The fraction of sp³-hybridized carbons (Fsp3) is 0.591. The van der Waals surface area contributed by atoms with Gasteiger partial charge < -0.3 is 19.9 Å². The minimum absolute atomic E-state index is 0.0542. The summed E-state index contributed by atoms with van der Waals surface area (Å²) in [5.74, 6) is -1.40. The Kier molecular flexibility index (Phi) is 7.76. The van der Waals surface area contributed by atoms with E-state index in [-0.39, 0.29) is 30.1 Å². The second kappa shape index (κ2) is 10.3. The Balaban J connectivity index is 1.54. The third kappa shape index (κ3) is 5.99. The molecule has 2 heterocycles. The Morgan fingerprint density at radius 2 is 1.94 bits per heavy atom. The summed E-state index contributed by atoms with van der Waals surface area (Å²) in [6, 6.07) is 8.42. The van der Waals surface area contributed by atoms with Crippen LogP contribution in [0.4, 0.5) is 10.5 Å². The van der Waals surface area contributed by atoms with Crippen LogP contribution in [0.3, 0.4) is 0 Å². The lowest BCUT2D eigenvalue weighted by Crippen LogP contribution is -2.48. The molecule has 2 fully saturated rings. The van der Waals surface area contributed by atoms with Gasteiger partial charge >= 0.3 is 12.0 Å². The number of likely N-dealkylation sites (N-methyl/N-ethyl adjacent to an activating group) is 1. The SMILES string of the molecule is CCN(C(=O)C(C)OC(=O)C1CCCN(C(=O)Nc2ccccc2)C1)C1CCS(=O)(=O)C1. The average Bonchev–Trinajstić information content (AvgIpc) is 3.14. The van der Waals surface area contributed by atoms with Gasteiger partial charge in [0.2, 0.25) is 0 Å². The molecule has 0 radical (unpaired) electrons. The van der Waals surface area contributed by atoms with Crippen molar-refractivity contribution < 1.29 is 27.5 Å². The number of para-hydroxylation sites is 1. The number of sulfone groups is 1. The van der Waals surface area contributed by atoms with E-state index in [9.17, 15) is 22.8 Å². The number of hydrogen-bond donors (Lipinski definition) is 1. The van der Waals surface area contributed by atoms with Crippen molar-refractivity contribution in [2.45, 2.75) is 45.3 Å². The van der Waals surface area contributed by atoms with Gasteiger partial charge in [0.1, 0.15) is 0 Å². The number of carbonyl (C=O) groups excluding carboxylic acids is 3. The van der Waals surface area contributed by atoms with Crippen LogP contribution in [0.25, 0.3) is 0 Å². The maximum atomic E-state index is 12.8. The normalized spacial score (nSPS) is 23.2. The van der Waals surface area contributed by atoms with Gasteiger partial charge in [0.15, 0.2) is 15.9 Å². The van der Waals surface area contributed by atoms with Gasteiger partial charge in [-0.25, -0.2) is 13.2 Å². The molecule has 0 saturated carbocycles. The number of anilines is 1. The Hall–Kier alpha value is -2.62. The first kappa shape index (κ1) is 24.0. The molecule has 0 bridgehead atoms. The third-order valence-electron chi connectivity index (χ3n) is 5.98. The van der Waals surface area contributed by atoms with Crippen molar-refractivity contribution >= 4 is 33.4 Å². The molecule has 9 nitrogen and oxygen atoms in total. The van der Waals surface area contributed by atoms with Gasteiger partial charge in [-0.15, -0.1) is 0 Å². The molecule has 1 aromatic rings. The number of nitrogens with zero attached hydrogens (tertiary/aromatic N) is 2. The standard InChI is InChI=1S/C22H31N3O6S/c1-3-25(19-11-13-32(29,30)15-19)20(26)16(2)31-21(27)17-8-7-12-24(14-17)22(28)23-18-9-5-4-6-10-18/h4-6,9-10,16-17,19H,3,7-8,11-15H2,1-2H3,(H,23,28). The molecular weight excluding hydrogens is 434 g/mol. The molecule has 3 unspecified atom stereocenters. The van der Waals surface area contributed by atoms with Crippen molar-refractivity contribution in [3.8, 4) is 0 Å². The van der Waals surface area contributed by atoms with E-state index in [1.165, 1.54) is 11.8 Å². The van der Waals surface area contributed by atoms with Crippen molar-refractivity contribution in [2.24, 2.45) is 5.92 Å². The van der Waals surface area contributed by atoms with E-state index in [4.69, 9.17) is 4.74 Å². The Morgan fingerprint density at radius 1 is 1.22 bits per heavy atom. The topological polar surface area (TPSA) is 113 Å². The third-order valence-corrected chi connectivity index (χ3v) is 7.73. The first-order valence-electron chi connectivity index (χ1n) is 11.0. The molecule has 1 aromatic carbocycles. The molecule has 10 heteroatoms. The van der Waals surface area contributed by atoms with Crippen molar-refractivity contribution in [2.75, 3.05) is 36.5 Å². The number of ether oxygens (including phenoxy) is 1. The van der Waals surface area contributed by atoms with Crippen LogP contribution in [-0.2, 0) is 24.2 Å². The van der Waals surface area contributed by atoms with Crippen LogP contribution < -0.4 is 5.32 Å². The summed E-state index contributed by atoms with van der Waals surface area (Å²) in [6.07, 6.45) is 0.620. The highest BCUT2D eigenvalue weighted by Crippen LogP contribution is 2.22. The van der Waals surface area contributed by atoms with Gasteiger partial charge in [-0.3, -0.25) is 9.59 Å². The number of hydrogen-bond acceptors (Lipinski definition) is 6. The van der Waals surface area contributed by atoms with Crippen LogP contribution in [0, 0.1) is 5.92 Å². The average molecular weight is 466 g/mol. The quantitative estimate of drug-likeness (QED) is 0.642. The first-order valence-corrected chi connectivity index (χ1v) is 12.8. The number of urea groups is 1. The highest BCUT2D eigenvalue weighted by atomic mass is 32.2. The molecule has 1 N–H and O–H groups in total. The lowest BCUT2D eigenvalue weighted by atomic mass is 9.98. The molecule has 3 amide bonds. The predicted octanol–water partition coefficient (Wildman–Crippen LogP) is 1.90. The van der Waals surface area contributed by atoms with E-state index >= 15 is 0 Å². The van der Waals surface area contributed by atoms with Crippen molar-refractivity contribution in [3.05, 3.63) is 30.3 Å². The molecule has 3 rings (SSSR count). The number of esters is 1. The molecule has 2 saturated heterocycles. The Morgan fingerprint density at radius 3 is 2.56 bits per heavy atom. The molecule has 0 aliphatic carbocycles. The largest absolute Gasteiger partial charge is 0.452 e. The fourth-order valence-electron chi connectivity index (χ4n) is 4.25. The zero-order chi connectivity index (χ0) is 23.3. The number of benzene rings is 1. The van der Waals surface area contributed by atoms with Crippen LogP contribution in [0.1, 0.15) is 33.1 Å². The van der Waals surface area contributed by atoms with E-state index in [1.54, 1.807) is 24.0 Å². The lowest BCUT2D eigenvalue weighted by molar-refractivity contribution is -0.164. The monoisotopic (exact) mass is 465 g/mol. The van der Waals surface area contributed by atoms with Gasteiger partial charge in [0, 0.05) is 31.4 Å². The van der Waals surface area contributed by atoms with Crippen LogP contribution in [0.2, 0.25) is 0 Å². The van der Waals surface area contributed by atoms with E-state index < -0.39 is 33.7 Å². The van der Waals surface area contributed by atoms with Crippen LogP contribution in [-0.4, -0.2) is 79.4 Å². The maximum Gasteiger partial charge on any atom is 0.321 e. The zero-order valence-corrected chi connectivity index (χ0v) is 19.3. The second-order valence-corrected chi connectivity index (χ2v) is 10.6. The van der Waals surface area contributed by atoms with E-state index in [0.29, 0.717) is 38.0 Å². The molecule has 3 atom stereocenters. The second-order valence-electron chi connectivity index (χ2n) is 8.34. The molecule has 0 spiro atoms. The summed E-state index contributed by atoms with van der Waals surface area (Å²) < 4.78 is 29.0. The zero-order valence-electron chi connectivity index (χ0n) is 18.5. The minimum atomic E-state index is -3.13. The predicted molar refractivity (Wildman–Crippen MR) is 120 cm³/mol. The number of likely N-dealkylation sites (tertiary alicyclic amines) is 1. The summed E-state index contributed by atoms with van der Waals surface area (Å²) >= 11 is 0. The maximum absolute atomic E-state index is 12.8. The molecule has 176 valence electrons. The van der Waals surface area contributed by atoms with Crippen molar-refractivity contribution in [1.29, 1.82) is 0 Å². The number of carbonyl (C=O) groups is 3. The Labute approximate surface area is 189 Å². The number of piperidine rings is 1. The summed E-state index contributed by atoms with van der Waals surface area (Å²) in [5.41, 5.74) is 0.676. The smallest absolute Gasteiger partial charge is 0.321 e. The van der Waals surface area contributed by atoms with Crippen molar-refractivity contribution in [3.63, 3.8) is 0 Å². The van der Waals surface area contributed by atoms with Gasteiger partial charge in [-0.1, -0.05) is 18.2 Å². The molecule has 32 heavy (non-hydrogen) atoms. The highest BCUT2D eigenvalue weighted by Gasteiger charge is 2.37. The molecule has 0 aromatic heterocycles. The van der Waals surface area contributed by atoms with Crippen molar-refractivity contribution in [1.82, 2.24) is 9.80 Å². The van der Waals surface area contributed by atoms with Crippen LogP contribution >= 0.6 is 0 Å². The number of amides is 3. The van der Waals surface area contributed by atoms with Crippen LogP contribution in [0.5, 0.6) is 0 Å². The van der Waals surface area contributed by atoms with E-state index in [1.807, 2.05) is 18.2 Å². The summed E-state index contributed by atoms with van der Waals surface area (Å²) in [7, 11) is -3.13.